The lowest BCUT2D eigenvalue weighted by molar-refractivity contribution is -0.140. The number of hydrogen-bond acceptors (Lipinski definition) is 4. The Balaban J connectivity index is 2.74. The number of nitrogen functional groups attached to an aromatic ring is 1. The molecule has 5 nitrogen and oxygen atoms in total. The van der Waals surface area contributed by atoms with Crippen LogP contribution in [0.1, 0.15) is 16.8 Å². The van der Waals surface area contributed by atoms with Gasteiger partial charge in [-0.1, -0.05) is 11.6 Å². The molecule has 0 spiro atoms. The van der Waals surface area contributed by atoms with Gasteiger partial charge in [0.05, 0.1) is 19.1 Å². The Hall–Kier alpha value is -1.75. The largest absolute Gasteiger partial charge is 0.469 e. The fraction of sp³-hybridized carbons (Fsp3) is 0.333. The molecule has 2 N–H and O–H groups in total. The predicted octanol–water partition coefficient (Wildman–Crippen LogP) is 1.56. The summed E-state index contributed by atoms with van der Waals surface area (Å²) in [5, 5.41) is 0.439. The highest BCUT2D eigenvalue weighted by Gasteiger charge is 2.16. The zero-order valence-corrected chi connectivity index (χ0v) is 11.0. The normalized spacial score (nSPS) is 9.94. The lowest BCUT2D eigenvalue weighted by Crippen LogP contribution is -2.29. The maximum atomic E-state index is 12.1. The first-order chi connectivity index (χ1) is 8.45. The van der Waals surface area contributed by atoms with Crippen molar-refractivity contribution in [2.24, 2.45) is 0 Å². The summed E-state index contributed by atoms with van der Waals surface area (Å²) in [6.07, 6.45) is 0.138. The van der Waals surface area contributed by atoms with Gasteiger partial charge in [0.25, 0.3) is 5.91 Å². The molecular formula is C12H15ClN2O3. The molecule has 0 atom stereocenters. The van der Waals surface area contributed by atoms with E-state index < -0.39 is 0 Å². The zero-order valence-electron chi connectivity index (χ0n) is 10.3. The molecule has 0 aliphatic rings. The fourth-order valence-corrected chi connectivity index (χ4v) is 1.55. The maximum absolute atomic E-state index is 12.1. The van der Waals surface area contributed by atoms with Crippen LogP contribution in [0, 0.1) is 0 Å². The third-order valence-corrected chi connectivity index (χ3v) is 2.71. The van der Waals surface area contributed by atoms with Crippen molar-refractivity contribution in [3.05, 3.63) is 28.8 Å². The van der Waals surface area contributed by atoms with Crippen LogP contribution in [0.3, 0.4) is 0 Å². The number of rotatable bonds is 4. The Bertz CT molecular complexity index is 463. The first kappa shape index (κ1) is 14.3. The molecule has 98 valence electrons. The number of hydrogen-bond donors (Lipinski definition) is 1. The molecule has 0 saturated heterocycles. The van der Waals surface area contributed by atoms with Crippen LogP contribution in [0.2, 0.25) is 5.02 Å². The van der Waals surface area contributed by atoms with E-state index in [2.05, 4.69) is 4.74 Å². The van der Waals surface area contributed by atoms with Gasteiger partial charge in [-0.15, -0.1) is 0 Å². The molecule has 6 heteroatoms. The van der Waals surface area contributed by atoms with E-state index in [1.165, 1.54) is 18.1 Å². The van der Waals surface area contributed by atoms with Crippen LogP contribution in [-0.2, 0) is 9.53 Å². The van der Waals surface area contributed by atoms with Crippen LogP contribution in [0.5, 0.6) is 0 Å². The van der Waals surface area contributed by atoms with Crippen LogP contribution in [-0.4, -0.2) is 37.5 Å². The van der Waals surface area contributed by atoms with E-state index in [1.807, 2.05) is 0 Å². The number of benzene rings is 1. The SMILES string of the molecule is COC(=O)CCN(C)C(=O)c1cc(Cl)ccc1N. The summed E-state index contributed by atoms with van der Waals surface area (Å²) >= 11 is 5.82. The quantitative estimate of drug-likeness (QED) is 0.666. The highest BCUT2D eigenvalue weighted by Crippen LogP contribution is 2.19. The van der Waals surface area contributed by atoms with Crippen LogP contribution in [0.25, 0.3) is 0 Å². The van der Waals surface area contributed by atoms with Crippen molar-refractivity contribution >= 4 is 29.2 Å². The molecule has 0 radical (unpaired) electrons. The lowest BCUT2D eigenvalue weighted by Gasteiger charge is -2.17. The van der Waals surface area contributed by atoms with Gasteiger partial charge < -0.3 is 15.4 Å². The van der Waals surface area contributed by atoms with Gasteiger partial charge in [-0.25, -0.2) is 0 Å². The molecule has 0 aromatic heterocycles. The summed E-state index contributed by atoms with van der Waals surface area (Å²) in [6.45, 7) is 0.261. The minimum absolute atomic E-state index is 0.138. The summed E-state index contributed by atoms with van der Waals surface area (Å²) in [5.41, 5.74) is 6.40. The molecule has 1 rings (SSSR count). The molecule has 0 heterocycles. The number of amides is 1. The van der Waals surface area contributed by atoms with Gasteiger partial charge in [0.15, 0.2) is 0 Å². The number of halogens is 1. The molecule has 0 fully saturated rings. The first-order valence-corrected chi connectivity index (χ1v) is 5.70. The van der Waals surface area contributed by atoms with E-state index in [0.717, 1.165) is 0 Å². The number of carbonyl (C=O) groups is 2. The van der Waals surface area contributed by atoms with Crippen LogP contribution >= 0.6 is 11.6 Å². The average Bonchev–Trinajstić information content (AvgIpc) is 2.37. The van der Waals surface area contributed by atoms with Crippen LogP contribution in [0.4, 0.5) is 5.69 Å². The molecule has 1 aromatic carbocycles. The van der Waals surface area contributed by atoms with Crippen molar-refractivity contribution in [1.82, 2.24) is 4.90 Å². The number of anilines is 1. The van der Waals surface area contributed by atoms with E-state index in [1.54, 1.807) is 19.2 Å². The Morgan fingerprint density at radius 1 is 1.44 bits per heavy atom. The summed E-state index contributed by atoms with van der Waals surface area (Å²) in [7, 11) is 2.89. The van der Waals surface area contributed by atoms with E-state index in [9.17, 15) is 9.59 Å². The highest BCUT2D eigenvalue weighted by molar-refractivity contribution is 6.31. The van der Waals surface area contributed by atoms with Crippen molar-refractivity contribution in [3.8, 4) is 0 Å². The van der Waals surface area contributed by atoms with Gasteiger partial charge >= 0.3 is 5.97 Å². The van der Waals surface area contributed by atoms with E-state index in [0.29, 0.717) is 16.3 Å². The summed E-state index contributed by atoms with van der Waals surface area (Å²) < 4.78 is 4.51. The number of nitrogens with zero attached hydrogens (tertiary/aromatic N) is 1. The predicted molar refractivity (Wildman–Crippen MR) is 69.5 cm³/mol. The smallest absolute Gasteiger partial charge is 0.307 e. The summed E-state index contributed by atoms with van der Waals surface area (Å²) in [5.74, 6) is -0.646. The van der Waals surface area contributed by atoms with Crippen molar-refractivity contribution in [2.45, 2.75) is 6.42 Å². The van der Waals surface area contributed by atoms with E-state index in [4.69, 9.17) is 17.3 Å². The Kier molecular flexibility index (Phi) is 4.97. The molecule has 0 unspecified atom stereocenters. The maximum Gasteiger partial charge on any atom is 0.307 e. The van der Waals surface area contributed by atoms with Gasteiger partial charge in [-0.2, -0.15) is 0 Å². The second kappa shape index (κ2) is 6.26. The van der Waals surface area contributed by atoms with Crippen molar-refractivity contribution in [2.75, 3.05) is 26.4 Å². The van der Waals surface area contributed by atoms with E-state index in [-0.39, 0.29) is 24.8 Å². The molecule has 1 amide bonds. The molecular weight excluding hydrogens is 256 g/mol. The second-order valence-electron chi connectivity index (χ2n) is 3.78. The van der Waals surface area contributed by atoms with Gasteiger partial charge in [-0.05, 0) is 18.2 Å². The van der Waals surface area contributed by atoms with Gasteiger partial charge in [-0.3, -0.25) is 9.59 Å². The third kappa shape index (κ3) is 3.63. The topological polar surface area (TPSA) is 72.6 Å². The standard InChI is InChI=1S/C12H15ClN2O3/c1-15(6-5-11(16)18-2)12(17)9-7-8(13)3-4-10(9)14/h3-4,7H,5-6,14H2,1-2H3. The molecule has 0 bridgehead atoms. The summed E-state index contributed by atoms with van der Waals surface area (Å²) in [4.78, 5) is 24.4. The van der Waals surface area contributed by atoms with Crippen molar-refractivity contribution in [1.29, 1.82) is 0 Å². The molecule has 1 aromatic rings. The fourth-order valence-electron chi connectivity index (χ4n) is 1.38. The van der Waals surface area contributed by atoms with Gasteiger partial charge in [0, 0.05) is 24.3 Å². The second-order valence-corrected chi connectivity index (χ2v) is 4.22. The number of ether oxygens (including phenoxy) is 1. The van der Waals surface area contributed by atoms with Crippen LogP contribution < -0.4 is 5.73 Å². The minimum Gasteiger partial charge on any atom is -0.469 e. The van der Waals surface area contributed by atoms with Crippen LogP contribution in [0.15, 0.2) is 18.2 Å². The Morgan fingerprint density at radius 2 is 2.11 bits per heavy atom. The molecule has 18 heavy (non-hydrogen) atoms. The molecule has 0 saturated carbocycles. The van der Waals surface area contributed by atoms with E-state index >= 15 is 0 Å². The van der Waals surface area contributed by atoms with Gasteiger partial charge in [0.1, 0.15) is 0 Å². The molecule has 0 aliphatic carbocycles. The lowest BCUT2D eigenvalue weighted by atomic mass is 10.1. The number of carbonyl (C=O) groups excluding carboxylic acids is 2. The number of nitrogens with two attached hydrogens (primary N) is 1. The first-order valence-electron chi connectivity index (χ1n) is 5.33. The summed E-state index contributed by atoms with van der Waals surface area (Å²) in [6, 6.07) is 4.69. The van der Waals surface area contributed by atoms with Gasteiger partial charge in [0.2, 0.25) is 0 Å². The number of esters is 1. The average molecular weight is 271 g/mol. The minimum atomic E-state index is -0.367. The van der Waals surface area contributed by atoms with Crippen molar-refractivity contribution in [3.63, 3.8) is 0 Å². The Labute approximate surface area is 110 Å². The Morgan fingerprint density at radius 3 is 2.72 bits per heavy atom. The monoisotopic (exact) mass is 270 g/mol. The highest BCUT2D eigenvalue weighted by atomic mass is 35.5. The third-order valence-electron chi connectivity index (χ3n) is 2.47. The molecule has 0 aliphatic heterocycles. The zero-order chi connectivity index (χ0) is 13.7. The van der Waals surface area contributed by atoms with Crippen molar-refractivity contribution < 1.29 is 14.3 Å². The number of methoxy groups -OCH3 is 1.